The third-order valence-corrected chi connectivity index (χ3v) is 4.25. The van der Waals surface area contributed by atoms with Crippen molar-refractivity contribution < 1.29 is 14.3 Å². The van der Waals surface area contributed by atoms with Gasteiger partial charge in [0, 0.05) is 24.4 Å². The van der Waals surface area contributed by atoms with Gasteiger partial charge in [0.2, 0.25) is 0 Å². The Kier molecular flexibility index (Phi) is 6.63. The molecule has 2 N–H and O–H groups in total. The number of carbonyl (C=O) groups excluding carboxylic acids is 1. The molecule has 1 aromatic heterocycles. The van der Waals surface area contributed by atoms with E-state index in [-0.39, 0.29) is 5.91 Å². The van der Waals surface area contributed by atoms with Crippen molar-refractivity contribution in [2.75, 3.05) is 31.4 Å². The molecule has 1 heterocycles. The van der Waals surface area contributed by atoms with Crippen LogP contribution in [0.3, 0.4) is 0 Å². The van der Waals surface area contributed by atoms with E-state index in [9.17, 15) is 4.79 Å². The highest BCUT2D eigenvalue weighted by Crippen LogP contribution is 2.18. The van der Waals surface area contributed by atoms with Crippen LogP contribution >= 0.6 is 0 Å². The minimum absolute atomic E-state index is 0.296. The van der Waals surface area contributed by atoms with E-state index in [1.54, 1.807) is 39.3 Å². The summed E-state index contributed by atoms with van der Waals surface area (Å²) in [5.41, 5.74) is 2.08. The zero-order chi connectivity index (χ0) is 20.6. The third kappa shape index (κ3) is 5.68. The molecule has 0 bridgehead atoms. The molecule has 3 rings (SSSR count). The smallest absolute Gasteiger partial charge is 0.274 e. The number of anilines is 2. The van der Waals surface area contributed by atoms with E-state index in [1.165, 1.54) is 0 Å². The summed E-state index contributed by atoms with van der Waals surface area (Å²) in [7, 11) is 3.23. The third-order valence-electron chi connectivity index (χ3n) is 4.25. The van der Waals surface area contributed by atoms with Crippen molar-refractivity contribution in [3.8, 4) is 11.5 Å². The average molecular weight is 392 g/mol. The number of methoxy groups -OCH3 is 2. The topological polar surface area (TPSA) is 85.4 Å². The summed E-state index contributed by atoms with van der Waals surface area (Å²) in [6.45, 7) is 2.43. The lowest BCUT2D eigenvalue weighted by Gasteiger charge is -2.10. The quantitative estimate of drug-likeness (QED) is 0.608. The minimum Gasteiger partial charge on any atom is -0.497 e. The second kappa shape index (κ2) is 9.54. The highest BCUT2D eigenvalue weighted by molar-refractivity contribution is 6.03. The average Bonchev–Trinajstić information content (AvgIpc) is 2.73. The van der Waals surface area contributed by atoms with Crippen LogP contribution in [-0.2, 0) is 6.42 Å². The van der Waals surface area contributed by atoms with Gasteiger partial charge in [-0.25, -0.2) is 9.97 Å². The number of nitrogens with one attached hydrogen (secondary N) is 2. The van der Waals surface area contributed by atoms with Crippen LogP contribution in [0.25, 0.3) is 0 Å². The lowest BCUT2D eigenvalue weighted by molar-refractivity contribution is 0.102. The monoisotopic (exact) mass is 392 g/mol. The van der Waals surface area contributed by atoms with Gasteiger partial charge in [0.05, 0.1) is 14.2 Å². The number of hydrogen-bond donors (Lipinski definition) is 2. The Morgan fingerprint density at radius 1 is 0.966 bits per heavy atom. The molecule has 0 aliphatic rings. The van der Waals surface area contributed by atoms with Crippen LogP contribution in [-0.4, -0.2) is 36.6 Å². The summed E-state index contributed by atoms with van der Waals surface area (Å²) in [6.07, 6.45) is 0.797. The van der Waals surface area contributed by atoms with Crippen molar-refractivity contribution in [3.63, 3.8) is 0 Å². The first-order valence-corrected chi connectivity index (χ1v) is 9.25. The molecule has 7 heteroatoms. The van der Waals surface area contributed by atoms with Crippen molar-refractivity contribution in [1.29, 1.82) is 0 Å². The Balaban J connectivity index is 1.64. The SMILES string of the molecule is COc1cccc(CCNc2cc(C(=O)Nc3cccc(OC)c3)nc(C)n2)c1. The fourth-order valence-corrected chi connectivity index (χ4v) is 2.83. The zero-order valence-electron chi connectivity index (χ0n) is 16.7. The number of carbonyl (C=O) groups is 1. The number of ether oxygens (including phenoxy) is 2. The van der Waals surface area contributed by atoms with Crippen molar-refractivity contribution in [3.05, 3.63) is 71.7 Å². The highest BCUT2D eigenvalue weighted by Gasteiger charge is 2.11. The number of nitrogens with zero attached hydrogens (tertiary/aromatic N) is 2. The minimum atomic E-state index is -0.306. The van der Waals surface area contributed by atoms with Gasteiger partial charge in [-0.15, -0.1) is 0 Å². The van der Waals surface area contributed by atoms with Crippen molar-refractivity contribution in [1.82, 2.24) is 9.97 Å². The molecule has 0 unspecified atom stereocenters. The molecule has 0 radical (unpaired) electrons. The molecule has 0 fully saturated rings. The molecule has 150 valence electrons. The molecule has 2 aromatic carbocycles. The van der Waals surface area contributed by atoms with E-state index in [2.05, 4.69) is 20.6 Å². The van der Waals surface area contributed by atoms with Crippen molar-refractivity contribution >= 4 is 17.4 Å². The maximum absolute atomic E-state index is 12.6. The van der Waals surface area contributed by atoms with E-state index in [1.807, 2.05) is 36.4 Å². The second-order valence-electron chi connectivity index (χ2n) is 6.40. The maximum Gasteiger partial charge on any atom is 0.274 e. The number of rotatable bonds is 8. The van der Waals surface area contributed by atoms with Gasteiger partial charge in [0.1, 0.15) is 28.8 Å². The molecule has 3 aromatic rings. The summed E-state index contributed by atoms with van der Waals surface area (Å²) >= 11 is 0. The largest absolute Gasteiger partial charge is 0.497 e. The summed E-state index contributed by atoms with van der Waals surface area (Å²) in [4.78, 5) is 21.2. The van der Waals surface area contributed by atoms with Crippen LogP contribution in [0.1, 0.15) is 21.9 Å². The lowest BCUT2D eigenvalue weighted by Crippen LogP contribution is -2.16. The predicted molar refractivity (Wildman–Crippen MR) is 113 cm³/mol. The first-order chi connectivity index (χ1) is 14.1. The van der Waals surface area contributed by atoms with Crippen molar-refractivity contribution in [2.24, 2.45) is 0 Å². The molecular formula is C22H24N4O3. The fourth-order valence-electron chi connectivity index (χ4n) is 2.83. The van der Waals surface area contributed by atoms with Gasteiger partial charge in [-0.3, -0.25) is 4.79 Å². The number of aromatic nitrogens is 2. The Bertz CT molecular complexity index is 991. The first-order valence-electron chi connectivity index (χ1n) is 9.25. The molecular weight excluding hydrogens is 368 g/mol. The zero-order valence-corrected chi connectivity index (χ0v) is 16.7. The molecule has 7 nitrogen and oxygen atoms in total. The Labute approximate surface area is 170 Å². The number of benzene rings is 2. The predicted octanol–water partition coefficient (Wildman–Crippen LogP) is 3.71. The van der Waals surface area contributed by atoms with E-state index in [0.717, 1.165) is 17.7 Å². The Morgan fingerprint density at radius 2 is 1.69 bits per heavy atom. The van der Waals surface area contributed by atoms with Gasteiger partial charge in [-0.1, -0.05) is 18.2 Å². The van der Waals surface area contributed by atoms with E-state index < -0.39 is 0 Å². The van der Waals surface area contributed by atoms with Gasteiger partial charge < -0.3 is 20.1 Å². The Hall–Kier alpha value is -3.61. The van der Waals surface area contributed by atoms with E-state index in [4.69, 9.17) is 9.47 Å². The van der Waals surface area contributed by atoms with Crippen LogP contribution < -0.4 is 20.1 Å². The number of aryl methyl sites for hydroxylation is 1. The number of hydrogen-bond acceptors (Lipinski definition) is 6. The number of amides is 1. The molecule has 1 amide bonds. The highest BCUT2D eigenvalue weighted by atomic mass is 16.5. The van der Waals surface area contributed by atoms with Crippen LogP contribution in [0.5, 0.6) is 11.5 Å². The Morgan fingerprint density at radius 3 is 2.45 bits per heavy atom. The summed E-state index contributed by atoms with van der Waals surface area (Å²) in [6, 6.07) is 16.7. The molecule has 0 aliphatic heterocycles. The van der Waals surface area contributed by atoms with Crippen LogP contribution in [0.2, 0.25) is 0 Å². The van der Waals surface area contributed by atoms with E-state index >= 15 is 0 Å². The summed E-state index contributed by atoms with van der Waals surface area (Å²) in [5.74, 6) is 2.32. The second-order valence-corrected chi connectivity index (χ2v) is 6.40. The normalized spacial score (nSPS) is 10.3. The molecule has 0 saturated heterocycles. The molecule has 0 saturated carbocycles. The maximum atomic E-state index is 12.6. The lowest BCUT2D eigenvalue weighted by atomic mass is 10.1. The van der Waals surface area contributed by atoms with Gasteiger partial charge in [-0.2, -0.15) is 0 Å². The van der Waals surface area contributed by atoms with Crippen LogP contribution in [0.15, 0.2) is 54.6 Å². The standard InChI is InChI=1S/C22H24N4O3/c1-15-24-20(22(27)26-17-7-5-9-19(13-17)29-3)14-21(25-15)23-11-10-16-6-4-8-18(12-16)28-2/h4-9,12-14H,10-11H2,1-3H3,(H,26,27)(H,23,24,25). The summed E-state index contributed by atoms with van der Waals surface area (Å²) in [5, 5.41) is 6.09. The molecule has 0 spiro atoms. The van der Waals surface area contributed by atoms with Gasteiger partial charge in [-0.05, 0) is 43.2 Å². The van der Waals surface area contributed by atoms with Gasteiger partial charge >= 0.3 is 0 Å². The van der Waals surface area contributed by atoms with Gasteiger partial charge in [0.25, 0.3) is 5.91 Å². The van der Waals surface area contributed by atoms with Crippen molar-refractivity contribution in [2.45, 2.75) is 13.3 Å². The van der Waals surface area contributed by atoms with Crippen LogP contribution in [0, 0.1) is 6.92 Å². The molecule has 0 aliphatic carbocycles. The summed E-state index contributed by atoms with van der Waals surface area (Å²) < 4.78 is 10.4. The first kappa shape index (κ1) is 20.1. The fraction of sp³-hybridized carbons (Fsp3) is 0.227. The molecule has 29 heavy (non-hydrogen) atoms. The molecule has 0 atom stereocenters. The van der Waals surface area contributed by atoms with Gasteiger partial charge in [0.15, 0.2) is 0 Å². The van der Waals surface area contributed by atoms with Crippen LogP contribution in [0.4, 0.5) is 11.5 Å². The van der Waals surface area contributed by atoms with E-state index in [0.29, 0.717) is 35.3 Å².